The van der Waals surface area contributed by atoms with Gasteiger partial charge in [-0.25, -0.2) is 0 Å². The maximum atomic E-state index is 12.7. The highest BCUT2D eigenvalue weighted by Gasteiger charge is 2.46. The Morgan fingerprint density at radius 1 is 0.875 bits per heavy atom. The second kappa shape index (κ2) is 5.85. The molecular formula is C18H20N2O4. The Kier molecular flexibility index (Phi) is 3.67. The van der Waals surface area contributed by atoms with Crippen molar-refractivity contribution in [1.82, 2.24) is 9.80 Å². The van der Waals surface area contributed by atoms with Crippen molar-refractivity contribution in [1.29, 1.82) is 0 Å². The summed E-state index contributed by atoms with van der Waals surface area (Å²) in [5, 5.41) is 0. The minimum Gasteiger partial charge on any atom is -0.459 e. The lowest BCUT2D eigenvalue weighted by Gasteiger charge is -2.44. The predicted octanol–water partition coefficient (Wildman–Crippen LogP) is 2.78. The van der Waals surface area contributed by atoms with E-state index in [-0.39, 0.29) is 17.4 Å². The van der Waals surface area contributed by atoms with Gasteiger partial charge in [0, 0.05) is 25.2 Å². The first-order valence-electron chi connectivity index (χ1n) is 8.38. The lowest BCUT2D eigenvalue weighted by Crippen LogP contribution is -2.54. The summed E-state index contributed by atoms with van der Waals surface area (Å²) in [7, 11) is 0. The molecule has 24 heavy (non-hydrogen) atoms. The van der Waals surface area contributed by atoms with Crippen LogP contribution in [0.25, 0.3) is 0 Å². The molecule has 0 radical (unpaired) electrons. The van der Waals surface area contributed by atoms with Gasteiger partial charge in [0.25, 0.3) is 11.8 Å². The smallest absolute Gasteiger partial charge is 0.290 e. The van der Waals surface area contributed by atoms with Gasteiger partial charge in [0.15, 0.2) is 11.5 Å². The minimum absolute atomic E-state index is 0.0386. The van der Waals surface area contributed by atoms with Gasteiger partial charge in [0.2, 0.25) is 0 Å². The van der Waals surface area contributed by atoms with E-state index in [0.29, 0.717) is 24.6 Å². The number of furan rings is 2. The molecule has 0 atom stereocenters. The zero-order valence-corrected chi connectivity index (χ0v) is 13.4. The molecule has 0 N–H and O–H groups in total. The molecule has 0 bridgehead atoms. The summed E-state index contributed by atoms with van der Waals surface area (Å²) in [5.41, 5.74) is -0.149. The summed E-state index contributed by atoms with van der Waals surface area (Å²) < 4.78 is 10.5. The third kappa shape index (κ3) is 2.42. The molecule has 1 spiro atoms. The number of carbonyl (C=O) groups excluding carboxylic acids is 2. The van der Waals surface area contributed by atoms with Crippen LogP contribution in [0.3, 0.4) is 0 Å². The molecule has 6 nitrogen and oxygen atoms in total. The standard InChI is InChI=1S/C18H20N2O4/c21-16(14-4-1-12-23-14)19-10-7-18(8-11-19)6-3-9-20(18)17(22)15-5-2-13-24-15/h1-2,4-5,12-13H,3,6-11H2. The van der Waals surface area contributed by atoms with Crippen LogP contribution in [0.2, 0.25) is 0 Å². The number of nitrogens with zero attached hydrogens (tertiary/aromatic N) is 2. The second-order valence-corrected chi connectivity index (χ2v) is 6.53. The topological polar surface area (TPSA) is 66.9 Å². The molecule has 0 unspecified atom stereocenters. The normalized spacial score (nSPS) is 19.8. The molecule has 6 heteroatoms. The SMILES string of the molecule is O=C(c1ccco1)N1CCC2(CCCN2C(=O)c2ccco2)CC1. The van der Waals surface area contributed by atoms with E-state index >= 15 is 0 Å². The number of hydrogen-bond donors (Lipinski definition) is 0. The number of piperidine rings is 1. The minimum atomic E-state index is -0.149. The van der Waals surface area contributed by atoms with Crippen LogP contribution in [0.15, 0.2) is 45.6 Å². The summed E-state index contributed by atoms with van der Waals surface area (Å²) >= 11 is 0. The van der Waals surface area contributed by atoms with E-state index in [4.69, 9.17) is 8.83 Å². The Hall–Kier alpha value is -2.50. The third-order valence-corrected chi connectivity index (χ3v) is 5.29. The van der Waals surface area contributed by atoms with Gasteiger partial charge in [-0.2, -0.15) is 0 Å². The highest BCUT2D eigenvalue weighted by molar-refractivity contribution is 5.93. The molecule has 2 aliphatic heterocycles. The van der Waals surface area contributed by atoms with E-state index in [0.717, 1.165) is 32.2 Å². The Bertz CT molecular complexity index is 712. The van der Waals surface area contributed by atoms with Crippen LogP contribution >= 0.6 is 0 Å². The highest BCUT2D eigenvalue weighted by Crippen LogP contribution is 2.39. The molecular weight excluding hydrogens is 308 g/mol. The number of carbonyl (C=O) groups is 2. The van der Waals surface area contributed by atoms with Crippen LogP contribution in [-0.2, 0) is 0 Å². The fourth-order valence-electron chi connectivity index (χ4n) is 3.99. The number of likely N-dealkylation sites (tertiary alicyclic amines) is 2. The van der Waals surface area contributed by atoms with Gasteiger partial charge < -0.3 is 18.6 Å². The quantitative estimate of drug-likeness (QED) is 0.850. The molecule has 2 amide bonds. The summed E-state index contributed by atoms with van der Waals surface area (Å²) in [6.45, 7) is 2.04. The van der Waals surface area contributed by atoms with Crippen molar-refractivity contribution in [3.63, 3.8) is 0 Å². The summed E-state index contributed by atoms with van der Waals surface area (Å²) in [6.07, 6.45) is 6.62. The fraction of sp³-hybridized carbons (Fsp3) is 0.444. The highest BCUT2D eigenvalue weighted by atomic mass is 16.3. The lowest BCUT2D eigenvalue weighted by molar-refractivity contribution is 0.0312. The average Bonchev–Trinajstić information content (AvgIpc) is 3.36. The van der Waals surface area contributed by atoms with Crippen molar-refractivity contribution < 1.29 is 18.4 Å². The molecule has 2 aliphatic rings. The number of amides is 2. The zero-order chi connectivity index (χ0) is 16.6. The average molecular weight is 328 g/mol. The zero-order valence-electron chi connectivity index (χ0n) is 13.4. The Morgan fingerprint density at radius 3 is 2.08 bits per heavy atom. The largest absolute Gasteiger partial charge is 0.459 e. The van der Waals surface area contributed by atoms with Gasteiger partial charge in [-0.05, 0) is 49.9 Å². The maximum Gasteiger partial charge on any atom is 0.290 e. The Labute approximate surface area is 140 Å². The summed E-state index contributed by atoms with van der Waals surface area (Å²) in [6, 6.07) is 6.86. The van der Waals surface area contributed by atoms with Crippen molar-refractivity contribution >= 4 is 11.8 Å². The molecule has 0 saturated carbocycles. The third-order valence-electron chi connectivity index (χ3n) is 5.29. The van der Waals surface area contributed by atoms with Crippen LogP contribution < -0.4 is 0 Å². The van der Waals surface area contributed by atoms with E-state index in [1.165, 1.54) is 12.5 Å². The van der Waals surface area contributed by atoms with E-state index in [9.17, 15) is 9.59 Å². The first kappa shape index (κ1) is 15.1. The fourth-order valence-corrected chi connectivity index (χ4v) is 3.99. The van der Waals surface area contributed by atoms with Crippen LogP contribution in [-0.4, -0.2) is 46.8 Å². The molecule has 4 rings (SSSR count). The van der Waals surface area contributed by atoms with Crippen molar-refractivity contribution in [2.45, 2.75) is 31.2 Å². The molecule has 2 fully saturated rings. The van der Waals surface area contributed by atoms with Crippen molar-refractivity contribution in [2.24, 2.45) is 0 Å². The van der Waals surface area contributed by atoms with E-state index < -0.39 is 0 Å². The van der Waals surface area contributed by atoms with Crippen LogP contribution in [0.1, 0.15) is 46.8 Å². The van der Waals surface area contributed by atoms with E-state index in [1.807, 2.05) is 9.80 Å². The Balaban J connectivity index is 1.47. The van der Waals surface area contributed by atoms with Crippen molar-refractivity contribution in [2.75, 3.05) is 19.6 Å². The first-order valence-corrected chi connectivity index (χ1v) is 8.38. The first-order chi connectivity index (χ1) is 11.7. The number of rotatable bonds is 2. The second-order valence-electron chi connectivity index (χ2n) is 6.53. The van der Waals surface area contributed by atoms with Crippen LogP contribution in [0.5, 0.6) is 0 Å². The van der Waals surface area contributed by atoms with Gasteiger partial charge in [-0.15, -0.1) is 0 Å². The molecule has 4 heterocycles. The van der Waals surface area contributed by atoms with E-state index in [1.54, 1.807) is 24.3 Å². The Morgan fingerprint density at radius 2 is 1.50 bits per heavy atom. The van der Waals surface area contributed by atoms with Gasteiger partial charge >= 0.3 is 0 Å². The predicted molar refractivity (Wildman–Crippen MR) is 85.6 cm³/mol. The molecule has 0 aliphatic carbocycles. The van der Waals surface area contributed by atoms with Gasteiger partial charge in [-0.1, -0.05) is 0 Å². The van der Waals surface area contributed by atoms with Crippen molar-refractivity contribution in [3.8, 4) is 0 Å². The lowest BCUT2D eigenvalue weighted by atomic mass is 9.84. The van der Waals surface area contributed by atoms with Crippen molar-refractivity contribution in [3.05, 3.63) is 48.3 Å². The monoisotopic (exact) mass is 328 g/mol. The van der Waals surface area contributed by atoms with E-state index in [2.05, 4.69) is 0 Å². The number of hydrogen-bond acceptors (Lipinski definition) is 4. The van der Waals surface area contributed by atoms with Gasteiger partial charge in [-0.3, -0.25) is 9.59 Å². The molecule has 0 aromatic carbocycles. The van der Waals surface area contributed by atoms with Gasteiger partial charge in [0.05, 0.1) is 12.5 Å². The molecule has 2 aromatic heterocycles. The van der Waals surface area contributed by atoms with Gasteiger partial charge in [0.1, 0.15) is 0 Å². The van der Waals surface area contributed by atoms with Crippen LogP contribution in [0.4, 0.5) is 0 Å². The summed E-state index contributed by atoms with van der Waals surface area (Å²) in [5.74, 6) is 0.659. The molecule has 126 valence electrons. The molecule has 2 aromatic rings. The summed E-state index contributed by atoms with van der Waals surface area (Å²) in [4.78, 5) is 28.9. The van der Waals surface area contributed by atoms with Crippen LogP contribution in [0, 0.1) is 0 Å². The maximum absolute atomic E-state index is 12.7. The molecule has 2 saturated heterocycles.